The summed E-state index contributed by atoms with van der Waals surface area (Å²) in [6, 6.07) is 4.56. The standard InChI is InChI=1S/C12H15ClFNO2/c1-8-5-16-6-10(15-8)7-17-12-3-2-9(14)4-11(12)13/h2-4,8,10,15H,5-7H2,1H3. The van der Waals surface area contributed by atoms with Crippen LogP contribution in [0.25, 0.3) is 0 Å². The Morgan fingerprint density at radius 2 is 2.35 bits per heavy atom. The first-order valence-corrected chi connectivity index (χ1v) is 5.94. The van der Waals surface area contributed by atoms with Gasteiger partial charge in [0.15, 0.2) is 0 Å². The summed E-state index contributed by atoms with van der Waals surface area (Å²) < 4.78 is 23.8. The van der Waals surface area contributed by atoms with Crippen molar-refractivity contribution in [2.24, 2.45) is 0 Å². The van der Waals surface area contributed by atoms with E-state index in [1.807, 2.05) is 0 Å². The van der Waals surface area contributed by atoms with E-state index in [1.165, 1.54) is 18.2 Å². The molecule has 0 radical (unpaired) electrons. The zero-order valence-electron chi connectivity index (χ0n) is 9.58. The molecule has 1 aliphatic heterocycles. The van der Waals surface area contributed by atoms with Crippen LogP contribution in [0.4, 0.5) is 4.39 Å². The second-order valence-corrected chi connectivity index (χ2v) is 4.60. The van der Waals surface area contributed by atoms with Crippen LogP contribution in [0.3, 0.4) is 0 Å². The van der Waals surface area contributed by atoms with E-state index in [1.54, 1.807) is 0 Å². The van der Waals surface area contributed by atoms with Crippen LogP contribution in [0.2, 0.25) is 5.02 Å². The highest BCUT2D eigenvalue weighted by atomic mass is 35.5. The first-order valence-electron chi connectivity index (χ1n) is 5.57. The van der Waals surface area contributed by atoms with E-state index in [-0.39, 0.29) is 16.9 Å². The zero-order chi connectivity index (χ0) is 12.3. The number of hydrogen-bond donors (Lipinski definition) is 1. The summed E-state index contributed by atoms with van der Waals surface area (Å²) in [5.41, 5.74) is 0. The molecule has 2 rings (SSSR count). The molecule has 1 aromatic rings. The highest BCUT2D eigenvalue weighted by Gasteiger charge is 2.19. The molecule has 1 N–H and O–H groups in total. The fourth-order valence-electron chi connectivity index (χ4n) is 1.76. The second kappa shape index (κ2) is 5.67. The first-order chi connectivity index (χ1) is 8.15. The van der Waals surface area contributed by atoms with E-state index in [0.717, 1.165) is 0 Å². The van der Waals surface area contributed by atoms with Gasteiger partial charge in [0.05, 0.1) is 24.3 Å². The average Bonchev–Trinajstić information content (AvgIpc) is 2.28. The quantitative estimate of drug-likeness (QED) is 0.903. The average molecular weight is 260 g/mol. The molecular formula is C12H15ClFNO2. The fourth-order valence-corrected chi connectivity index (χ4v) is 1.99. The van der Waals surface area contributed by atoms with Crippen molar-refractivity contribution in [2.75, 3.05) is 19.8 Å². The smallest absolute Gasteiger partial charge is 0.138 e. The van der Waals surface area contributed by atoms with Gasteiger partial charge < -0.3 is 14.8 Å². The number of morpholine rings is 1. The molecule has 1 fully saturated rings. The van der Waals surface area contributed by atoms with Gasteiger partial charge in [0, 0.05) is 6.04 Å². The van der Waals surface area contributed by atoms with E-state index in [9.17, 15) is 4.39 Å². The molecule has 17 heavy (non-hydrogen) atoms. The molecule has 1 aromatic carbocycles. The lowest BCUT2D eigenvalue weighted by Gasteiger charge is -2.28. The van der Waals surface area contributed by atoms with Crippen molar-refractivity contribution >= 4 is 11.6 Å². The minimum absolute atomic E-state index is 0.139. The predicted octanol–water partition coefficient (Wildman–Crippen LogP) is 2.23. The van der Waals surface area contributed by atoms with Gasteiger partial charge in [0.25, 0.3) is 0 Å². The lowest BCUT2D eigenvalue weighted by Crippen LogP contribution is -2.50. The molecule has 0 spiro atoms. The maximum Gasteiger partial charge on any atom is 0.138 e. The Morgan fingerprint density at radius 1 is 1.53 bits per heavy atom. The minimum Gasteiger partial charge on any atom is -0.490 e. The molecule has 0 amide bonds. The Kier molecular flexibility index (Phi) is 4.20. The first kappa shape index (κ1) is 12.6. The molecule has 0 saturated carbocycles. The maximum absolute atomic E-state index is 12.8. The Hall–Kier alpha value is -0.840. The lowest BCUT2D eigenvalue weighted by atomic mass is 10.2. The van der Waals surface area contributed by atoms with E-state index in [4.69, 9.17) is 21.1 Å². The van der Waals surface area contributed by atoms with Crippen molar-refractivity contribution in [2.45, 2.75) is 19.0 Å². The molecule has 2 unspecified atom stereocenters. The van der Waals surface area contributed by atoms with Crippen LogP contribution in [0.5, 0.6) is 5.75 Å². The lowest BCUT2D eigenvalue weighted by molar-refractivity contribution is 0.0353. The molecular weight excluding hydrogens is 245 g/mol. The van der Waals surface area contributed by atoms with Crippen molar-refractivity contribution in [3.05, 3.63) is 29.0 Å². The highest BCUT2D eigenvalue weighted by Crippen LogP contribution is 2.24. The molecule has 0 aromatic heterocycles. The molecule has 3 nitrogen and oxygen atoms in total. The maximum atomic E-state index is 12.8. The summed E-state index contributed by atoms with van der Waals surface area (Å²) in [6.07, 6.45) is 0. The monoisotopic (exact) mass is 259 g/mol. The molecule has 2 atom stereocenters. The third-order valence-corrected chi connectivity index (χ3v) is 2.84. The summed E-state index contributed by atoms with van der Waals surface area (Å²) in [7, 11) is 0. The van der Waals surface area contributed by atoms with E-state index >= 15 is 0 Å². The molecule has 94 valence electrons. The van der Waals surface area contributed by atoms with E-state index in [0.29, 0.717) is 31.6 Å². The van der Waals surface area contributed by atoms with Gasteiger partial charge in [-0.2, -0.15) is 0 Å². The van der Waals surface area contributed by atoms with Gasteiger partial charge in [0.1, 0.15) is 18.2 Å². The second-order valence-electron chi connectivity index (χ2n) is 4.19. The van der Waals surface area contributed by atoms with Crippen molar-refractivity contribution in [3.8, 4) is 5.75 Å². The minimum atomic E-state index is -0.366. The molecule has 1 saturated heterocycles. The molecule has 0 bridgehead atoms. The van der Waals surface area contributed by atoms with Gasteiger partial charge in [-0.3, -0.25) is 0 Å². The van der Waals surface area contributed by atoms with Gasteiger partial charge in [-0.25, -0.2) is 4.39 Å². The number of halogens is 2. The largest absolute Gasteiger partial charge is 0.490 e. The zero-order valence-corrected chi connectivity index (χ0v) is 10.3. The number of hydrogen-bond acceptors (Lipinski definition) is 3. The topological polar surface area (TPSA) is 30.5 Å². The van der Waals surface area contributed by atoms with E-state index < -0.39 is 0 Å². The summed E-state index contributed by atoms with van der Waals surface area (Å²) in [5.74, 6) is 0.128. The van der Waals surface area contributed by atoms with Crippen molar-refractivity contribution in [1.82, 2.24) is 5.32 Å². The van der Waals surface area contributed by atoms with Crippen molar-refractivity contribution < 1.29 is 13.9 Å². The normalized spacial score (nSPS) is 24.6. The number of benzene rings is 1. The van der Waals surface area contributed by atoms with Crippen LogP contribution in [-0.2, 0) is 4.74 Å². The Labute approximate surface area is 105 Å². The summed E-state index contributed by atoms with van der Waals surface area (Å²) >= 11 is 5.86. The molecule has 1 aliphatic rings. The SMILES string of the molecule is CC1COCC(COc2ccc(F)cc2Cl)N1. The number of rotatable bonds is 3. The Bertz CT molecular complexity index is 389. The third-order valence-electron chi connectivity index (χ3n) is 2.54. The van der Waals surface area contributed by atoms with Gasteiger partial charge in [-0.15, -0.1) is 0 Å². The van der Waals surface area contributed by atoms with Gasteiger partial charge in [-0.1, -0.05) is 11.6 Å². The van der Waals surface area contributed by atoms with Crippen LogP contribution in [-0.4, -0.2) is 31.9 Å². The van der Waals surface area contributed by atoms with Gasteiger partial charge >= 0.3 is 0 Å². The van der Waals surface area contributed by atoms with Crippen LogP contribution in [0.1, 0.15) is 6.92 Å². The third kappa shape index (κ3) is 3.56. The van der Waals surface area contributed by atoms with Crippen LogP contribution >= 0.6 is 11.6 Å². The summed E-state index contributed by atoms with van der Waals surface area (Å²) in [6.45, 7) is 3.84. The van der Waals surface area contributed by atoms with Gasteiger partial charge in [0.2, 0.25) is 0 Å². The van der Waals surface area contributed by atoms with E-state index in [2.05, 4.69) is 12.2 Å². The number of nitrogens with one attached hydrogen (secondary N) is 1. The van der Waals surface area contributed by atoms with Crippen molar-refractivity contribution in [3.63, 3.8) is 0 Å². The van der Waals surface area contributed by atoms with Crippen LogP contribution in [0.15, 0.2) is 18.2 Å². The van der Waals surface area contributed by atoms with Crippen molar-refractivity contribution in [1.29, 1.82) is 0 Å². The fraction of sp³-hybridized carbons (Fsp3) is 0.500. The predicted molar refractivity (Wildman–Crippen MR) is 64.1 cm³/mol. The Balaban J connectivity index is 1.88. The Morgan fingerprint density at radius 3 is 3.06 bits per heavy atom. The van der Waals surface area contributed by atoms with Crippen LogP contribution < -0.4 is 10.1 Å². The summed E-state index contributed by atoms with van der Waals surface area (Å²) in [5, 5.41) is 3.64. The number of ether oxygens (including phenoxy) is 2. The molecule has 0 aliphatic carbocycles. The van der Waals surface area contributed by atoms with Gasteiger partial charge in [-0.05, 0) is 25.1 Å². The molecule has 1 heterocycles. The molecule has 5 heteroatoms. The summed E-state index contributed by atoms with van der Waals surface area (Å²) in [4.78, 5) is 0. The highest BCUT2D eigenvalue weighted by molar-refractivity contribution is 6.32. The van der Waals surface area contributed by atoms with Crippen LogP contribution in [0, 0.1) is 5.82 Å².